The Morgan fingerprint density at radius 3 is 2.39 bits per heavy atom. The minimum Gasteiger partial charge on any atom is -0.481 e. The summed E-state index contributed by atoms with van der Waals surface area (Å²) in [5, 5.41) is 7.77. The Bertz CT molecular complexity index is 1270. The van der Waals surface area contributed by atoms with E-state index < -0.39 is 18.0 Å². The predicted octanol–water partition coefficient (Wildman–Crippen LogP) is 5.36. The average Bonchev–Trinajstić information content (AvgIpc) is 3.13. The van der Waals surface area contributed by atoms with E-state index in [0.717, 1.165) is 16.0 Å². The number of esters is 1. The highest BCUT2D eigenvalue weighted by Gasteiger charge is 2.22. The quantitative estimate of drug-likeness (QED) is 0.221. The van der Waals surface area contributed by atoms with Gasteiger partial charge in [0.1, 0.15) is 10.8 Å². The number of hydrogen-bond donors (Lipinski definition) is 2. The third-order valence-electron chi connectivity index (χ3n) is 5.15. The molecule has 10 heteroatoms. The maximum absolute atomic E-state index is 12.8. The summed E-state index contributed by atoms with van der Waals surface area (Å²) < 4.78 is 10.8. The lowest BCUT2D eigenvalue weighted by Gasteiger charge is -2.13. The molecule has 1 heterocycles. The molecule has 0 fully saturated rings. The number of thiophene rings is 1. The Balaban J connectivity index is 1.58. The number of hydrogen-bond acceptors (Lipinski definition) is 7. The number of amides is 2. The van der Waals surface area contributed by atoms with Crippen molar-refractivity contribution in [2.75, 3.05) is 11.9 Å². The molecule has 8 nitrogen and oxygen atoms in total. The summed E-state index contributed by atoms with van der Waals surface area (Å²) in [6.07, 6.45) is 0.675. The van der Waals surface area contributed by atoms with Crippen LogP contribution in [0.15, 0.2) is 53.6 Å². The number of rotatable bonds is 9. The molecular weight excluding hydrogens is 502 g/mol. The molecule has 0 radical (unpaired) electrons. The molecule has 2 aromatic carbocycles. The minimum atomic E-state index is -0.823. The molecule has 2 N–H and O–H groups in total. The van der Waals surface area contributed by atoms with Crippen LogP contribution in [0.25, 0.3) is 0 Å². The van der Waals surface area contributed by atoms with Gasteiger partial charge in [-0.1, -0.05) is 23.7 Å². The van der Waals surface area contributed by atoms with E-state index in [1.165, 1.54) is 17.6 Å². The Morgan fingerprint density at radius 1 is 1.08 bits per heavy atom. The van der Waals surface area contributed by atoms with Crippen LogP contribution in [0.2, 0.25) is 5.02 Å². The summed E-state index contributed by atoms with van der Waals surface area (Å²) in [7, 11) is 0. The monoisotopic (exact) mass is 527 g/mol. The molecule has 2 amide bonds. The molecule has 1 unspecified atom stereocenters. The standard InChI is InChI=1S/C26H26ClN3O5S/c1-5-34-26(33)22-15(2)17(4)36-25(22)29-24(32)19-8-12-21(13-9-19)35-16(3)23(31)30-28-14-18-6-10-20(27)11-7-18/h6-14,16H,5H2,1-4H3,(H,29,32)(H,30,31)/b28-14+. The molecular formula is C26H26ClN3O5S. The van der Waals surface area contributed by atoms with Crippen LogP contribution in [0.4, 0.5) is 5.00 Å². The smallest absolute Gasteiger partial charge is 0.341 e. The first-order valence-electron chi connectivity index (χ1n) is 11.1. The number of benzene rings is 2. The molecule has 188 valence electrons. The molecule has 3 aromatic rings. The summed E-state index contributed by atoms with van der Waals surface area (Å²) in [5.74, 6) is -0.873. The average molecular weight is 528 g/mol. The number of carbonyl (C=O) groups is 3. The van der Waals surface area contributed by atoms with Crippen molar-refractivity contribution >= 4 is 51.9 Å². The van der Waals surface area contributed by atoms with E-state index in [-0.39, 0.29) is 12.5 Å². The molecule has 0 spiro atoms. The molecule has 0 saturated carbocycles. The molecule has 0 aliphatic heterocycles. The molecule has 3 rings (SSSR count). The molecule has 0 aliphatic carbocycles. The summed E-state index contributed by atoms with van der Waals surface area (Å²) in [6, 6.07) is 13.3. The Hall–Kier alpha value is -3.69. The SMILES string of the molecule is CCOC(=O)c1c(NC(=O)c2ccc(OC(C)C(=O)N/N=C/c3ccc(Cl)cc3)cc2)sc(C)c1C. The van der Waals surface area contributed by atoms with Crippen LogP contribution in [0.3, 0.4) is 0 Å². The van der Waals surface area contributed by atoms with Crippen molar-refractivity contribution in [2.24, 2.45) is 5.10 Å². The summed E-state index contributed by atoms with van der Waals surface area (Å²) in [6.45, 7) is 7.26. The fraction of sp³-hybridized carbons (Fsp3) is 0.231. The third-order valence-corrected chi connectivity index (χ3v) is 6.52. The van der Waals surface area contributed by atoms with Gasteiger partial charge >= 0.3 is 5.97 Å². The van der Waals surface area contributed by atoms with Crippen molar-refractivity contribution in [3.8, 4) is 5.75 Å². The number of aryl methyl sites for hydroxylation is 1. The summed E-state index contributed by atoms with van der Waals surface area (Å²) in [4.78, 5) is 38.3. The summed E-state index contributed by atoms with van der Waals surface area (Å²) in [5.41, 5.74) is 4.72. The van der Waals surface area contributed by atoms with Gasteiger partial charge in [0, 0.05) is 15.5 Å². The zero-order valence-electron chi connectivity index (χ0n) is 20.3. The number of nitrogens with one attached hydrogen (secondary N) is 2. The lowest BCUT2D eigenvalue weighted by Crippen LogP contribution is -2.33. The van der Waals surface area contributed by atoms with Gasteiger partial charge in [0.25, 0.3) is 11.8 Å². The maximum atomic E-state index is 12.8. The number of ether oxygens (including phenoxy) is 2. The van der Waals surface area contributed by atoms with Crippen molar-refractivity contribution in [3.63, 3.8) is 0 Å². The van der Waals surface area contributed by atoms with Crippen LogP contribution in [0, 0.1) is 13.8 Å². The third kappa shape index (κ3) is 6.93. The molecule has 1 atom stereocenters. The number of carbonyl (C=O) groups excluding carboxylic acids is 3. The lowest BCUT2D eigenvalue weighted by atomic mass is 10.1. The Kier molecular flexibility index (Phi) is 9.21. The van der Waals surface area contributed by atoms with E-state index in [1.807, 2.05) is 13.8 Å². The zero-order valence-corrected chi connectivity index (χ0v) is 21.8. The number of nitrogens with zero attached hydrogens (tertiary/aromatic N) is 1. The maximum Gasteiger partial charge on any atom is 0.341 e. The van der Waals surface area contributed by atoms with Crippen molar-refractivity contribution in [1.82, 2.24) is 5.43 Å². The number of anilines is 1. The lowest BCUT2D eigenvalue weighted by molar-refractivity contribution is -0.127. The molecule has 0 bridgehead atoms. The van der Waals surface area contributed by atoms with Crippen molar-refractivity contribution < 1.29 is 23.9 Å². The van der Waals surface area contributed by atoms with E-state index in [1.54, 1.807) is 62.4 Å². The molecule has 0 aliphatic rings. The fourth-order valence-electron chi connectivity index (χ4n) is 3.09. The van der Waals surface area contributed by atoms with E-state index in [2.05, 4.69) is 15.8 Å². The Morgan fingerprint density at radius 2 is 1.75 bits per heavy atom. The van der Waals surface area contributed by atoms with Crippen LogP contribution < -0.4 is 15.5 Å². The van der Waals surface area contributed by atoms with Gasteiger partial charge in [-0.15, -0.1) is 11.3 Å². The largest absolute Gasteiger partial charge is 0.481 e. The van der Waals surface area contributed by atoms with Crippen LogP contribution in [0.5, 0.6) is 5.75 Å². The first kappa shape index (κ1) is 26.9. The van der Waals surface area contributed by atoms with Crippen LogP contribution in [-0.4, -0.2) is 36.7 Å². The highest BCUT2D eigenvalue weighted by Crippen LogP contribution is 2.33. The zero-order chi connectivity index (χ0) is 26.2. The van der Waals surface area contributed by atoms with Gasteiger partial charge in [0.15, 0.2) is 6.10 Å². The fourth-order valence-corrected chi connectivity index (χ4v) is 4.26. The van der Waals surface area contributed by atoms with Crippen molar-refractivity contribution in [1.29, 1.82) is 0 Å². The first-order valence-corrected chi connectivity index (χ1v) is 12.3. The van der Waals surface area contributed by atoms with Gasteiger partial charge in [-0.3, -0.25) is 9.59 Å². The van der Waals surface area contributed by atoms with Gasteiger partial charge in [0.2, 0.25) is 0 Å². The van der Waals surface area contributed by atoms with Crippen molar-refractivity contribution in [2.45, 2.75) is 33.8 Å². The van der Waals surface area contributed by atoms with Crippen LogP contribution in [-0.2, 0) is 9.53 Å². The van der Waals surface area contributed by atoms with E-state index >= 15 is 0 Å². The molecule has 0 saturated heterocycles. The van der Waals surface area contributed by atoms with Gasteiger partial charge in [0.05, 0.1) is 18.4 Å². The van der Waals surface area contributed by atoms with Gasteiger partial charge in [-0.25, -0.2) is 10.2 Å². The number of halogens is 1. The highest BCUT2D eigenvalue weighted by atomic mass is 35.5. The normalized spacial score (nSPS) is 11.7. The van der Waals surface area contributed by atoms with Crippen LogP contribution >= 0.6 is 22.9 Å². The summed E-state index contributed by atoms with van der Waals surface area (Å²) >= 11 is 7.16. The highest BCUT2D eigenvalue weighted by molar-refractivity contribution is 7.16. The second kappa shape index (κ2) is 12.3. The minimum absolute atomic E-state index is 0.243. The Labute approximate surface area is 218 Å². The second-order valence-corrected chi connectivity index (χ2v) is 9.39. The first-order chi connectivity index (χ1) is 17.2. The van der Waals surface area contributed by atoms with E-state index in [9.17, 15) is 14.4 Å². The molecule has 36 heavy (non-hydrogen) atoms. The topological polar surface area (TPSA) is 106 Å². The van der Waals surface area contributed by atoms with Gasteiger partial charge < -0.3 is 14.8 Å². The second-order valence-electron chi connectivity index (χ2n) is 7.73. The van der Waals surface area contributed by atoms with Gasteiger partial charge in [-0.2, -0.15) is 5.10 Å². The predicted molar refractivity (Wildman–Crippen MR) is 141 cm³/mol. The number of hydrazone groups is 1. The van der Waals surface area contributed by atoms with E-state index in [4.69, 9.17) is 21.1 Å². The van der Waals surface area contributed by atoms with E-state index in [0.29, 0.717) is 26.9 Å². The van der Waals surface area contributed by atoms with Crippen molar-refractivity contribution in [3.05, 3.63) is 80.7 Å². The molecule has 1 aromatic heterocycles. The van der Waals surface area contributed by atoms with Gasteiger partial charge in [-0.05, 0) is 75.2 Å². The van der Waals surface area contributed by atoms with Crippen LogP contribution in [0.1, 0.15) is 50.6 Å².